The molecule has 0 unspecified atom stereocenters. The van der Waals surface area contributed by atoms with E-state index in [2.05, 4.69) is 10.3 Å². The number of benzene rings is 1. The van der Waals surface area contributed by atoms with Crippen LogP contribution in [0.5, 0.6) is 5.75 Å². The van der Waals surface area contributed by atoms with Gasteiger partial charge in [0.25, 0.3) is 0 Å². The maximum absolute atomic E-state index is 9.57. The Kier molecular flexibility index (Phi) is 4.31. The minimum atomic E-state index is 0.116. The molecular weight excluding hydrogens is 320 g/mol. The van der Waals surface area contributed by atoms with E-state index in [4.69, 9.17) is 14.8 Å². The average molecular weight is 340 g/mol. The molecule has 0 radical (unpaired) electrons. The molecule has 3 aromatic rings. The quantitative estimate of drug-likeness (QED) is 0.428. The van der Waals surface area contributed by atoms with Crippen molar-refractivity contribution in [2.24, 2.45) is 5.16 Å². The van der Waals surface area contributed by atoms with Crippen molar-refractivity contribution in [3.63, 3.8) is 0 Å². The van der Waals surface area contributed by atoms with Gasteiger partial charge >= 0.3 is 0 Å². The lowest BCUT2D eigenvalue weighted by Crippen LogP contribution is -2.01. The number of hydrogen-bond acceptors (Lipinski definition) is 6. The SMILES string of the molecule is Cc1noc(C)c1-c1c(/C=N/O)c(C(C)C)nn1-c1ccc(O)cc1. The van der Waals surface area contributed by atoms with Crippen LogP contribution in [0.3, 0.4) is 0 Å². The Labute approximate surface area is 145 Å². The van der Waals surface area contributed by atoms with Crippen molar-refractivity contribution in [2.75, 3.05) is 0 Å². The van der Waals surface area contributed by atoms with Crippen LogP contribution in [0.1, 0.15) is 42.5 Å². The van der Waals surface area contributed by atoms with Crippen LogP contribution >= 0.6 is 0 Å². The minimum absolute atomic E-state index is 0.116. The predicted octanol–water partition coefficient (Wildman–Crippen LogP) is 3.78. The standard InChI is InChI=1S/C18H20N4O3/c1-10(2)17-15(9-19-24)18(16-11(3)21-25-12(16)4)22(20-17)13-5-7-14(23)8-6-13/h5-10,23-24H,1-4H3/b19-9+. The number of rotatable bonds is 4. The zero-order valence-electron chi connectivity index (χ0n) is 14.6. The topological polar surface area (TPSA) is 96.7 Å². The summed E-state index contributed by atoms with van der Waals surface area (Å²) in [5, 5.41) is 30.7. The summed E-state index contributed by atoms with van der Waals surface area (Å²) in [6, 6.07) is 6.74. The first-order chi connectivity index (χ1) is 11.9. The second-order valence-electron chi connectivity index (χ2n) is 6.17. The summed E-state index contributed by atoms with van der Waals surface area (Å²) in [6.07, 6.45) is 1.39. The first kappa shape index (κ1) is 16.8. The Hall–Kier alpha value is -3.09. The van der Waals surface area contributed by atoms with Gasteiger partial charge in [-0.2, -0.15) is 5.10 Å². The van der Waals surface area contributed by atoms with Crippen molar-refractivity contribution in [3.8, 4) is 22.7 Å². The fourth-order valence-corrected chi connectivity index (χ4v) is 2.90. The van der Waals surface area contributed by atoms with Gasteiger partial charge in [0.1, 0.15) is 11.5 Å². The fraction of sp³-hybridized carbons (Fsp3) is 0.278. The van der Waals surface area contributed by atoms with Gasteiger partial charge < -0.3 is 14.8 Å². The van der Waals surface area contributed by atoms with Crippen LogP contribution in [-0.4, -0.2) is 31.5 Å². The maximum Gasteiger partial charge on any atom is 0.143 e. The van der Waals surface area contributed by atoms with Crippen LogP contribution in [0, 0.1) is 13.8 Å². The second-order valence-corrected chi connectivity index (χ2v) is 6.17. The summed E-state index contributed by atoms with van der Waals surface area (Å²) in [6.45, 7) is 7.73. The molecule has 2 heterocycles. The molecule has 1 aromatic carbocycles. The molecule has 2 N–H and O–H groups in total. The number of oxime groups is 1. The summed E-state index contributed by atoms with van der Waals surface area (Å²) in [7, 11) is 0. The first-order valence-electron chi connectivity index (χ1n) is 7.97. The van der Waals surface area contributed by atoms with E-state index in [1.165, 1.54) is 6.21 Å². The van der Waals surface area contributed by atoms with Crippen molar-refractivity contribution in [1.29, 1.82) is 0 Å². The smallest absolute Gasteiger partial charge is 0.143 e. The summed E-state index contributed by atoms with van der Waals surface area (Å²) in [5.74, 6) is 0.946. The number of hydrogen-bond donors (Lipinski definition) is 2. The molecule has 7 nitrogen and oxygen atoms in total. The number of aromatic hydroxyl groups is 1. The van der Waals surface area contributed by atoms with Crippen LogP contribution in [0.4, 0.5) is 0 Å². The molecule has 3 rings (SSSR count). The number of phenols is 1. The van der Waals surface area contributed by atoms with Crippen LogP contribution < -0.4 is 0 Å². The first-order valence-corrected chi connectivity index (χ1v) is 7.97. The zero-order valence-corrected chi connectivity index (χ0v) is 14.6. The van der Waals surface area contributed by atoms with E-state index in [1.807, 2.05) is 27.7 Å². The normalized spacial score (nSPS) is 11.7. The number of nitrogens with zero attached hydrogens (tertiary/aromatic N) is 4. The number of aromatic nitrogens is 3. The molecule has 0 bridgehead atoms. The molecule has 7 heteroatoms. The lowest BCUT2D eigenvalue weighted by atomic mass is 10.00. The molecule has 0 spiro atoms. The largest absolute Gasteiger partial charge is 0.508 e. The summed E-state index contributed by atoms with van der Waals surface area (Å²) >= 11 is 0. The van der Waals surface area contributed by atoms with Gasteiger partial charge in [0.05, 0.1) is 34.5 Å². The van der Waals surface area contributed by atoms with Gasteiger partial charge in [0.2, 0.25) is 0 Å². The van der Waals surface area contributed by atoms with Gasteiger partial charge in [-0.05, 0) is 44.0 Å². The van der Waals surface area contributed by atoms with Crippen LogP contribution in [0.25, 0.3) is 16.9 Å². The van der Waals surface area contributed by atoms with Gasteiger partial charge in [-0.3, -0.25) is 0 Å². The van der Waals surface area contributed by atoms with Crippen molar-refractivity contribution in [2.45, 2.75) is 33.6 Å². The second kappa shape index (κ2) is 6.43. The Morgan fingerprint density at radius 2 is 1.88 bits per heavy atom. The highest BCUT2D eigenvalue weighted by molar-refractivity contribution is 5.92. The maximum atomic E-state index is 9.57. The summed E-state index contributed by atoms with van der Waals surface area (Å²) in [5.41, 5.74) is 4.54. The van der Waals surface area contributed by atoms with Crippen LogP contribution in [0.15, 0.2) is 33.9 Å². The Bertz CT molecular complexity index is 901. The van der Waals surface area contributed by atoms with Gasteiger partial charge in [-0.1, -0.05) is 24.2 Å². The number of phenolic OH excluding ortho intramolecular Hbond substituents is 1. The highest BCUT2D eigenvalue weighted by Crippen LogP contribution is 2.35. The van der Waals surface area contributed by atoms with E-state index in [0.717, 1.165) is 28.3 Å². The van der Waals surface area contributed by atoms with E-state index in [0.29, 0.717) is 11.3 Å². The van der Waals surface area contributed by atoms with Gasteiger partial charge in [-0.25, -0.2) is 4.68 Å². The molecule has 0 aliphatic heterocycles. The molecule has 0 aliphatic rings. The molecular formula is C18H20N4O3. The highest BCUT2D eigenvalue weighted by atomic mass is 16.5. The molecule has 0 saturated carbocycles. The molecule has 0 saturated heterocycles. The van der Waals surface area contributed by atoms with Gasteiger partial charge in [0, 0.05) is 5.56 Å². The van der Waals surface area contributed by atoms with Gasteiger partial charge in [-0.15, -0.1) is 0 Å². The van der Waals surface area contributed by atoms with Crippen molar-refractivity contribution in [3.05, 3.63) is 47.0 Å². The van der Waals surface area contributed by atoms with E-state index >= 15 is 0 Å². The minimum Gasteiger partial charge on any atom is -0.508 e. The van der Waals surface area contributed by atoms with Crippen molar-refractivity contribution < 1.29 is 14.8 Å². The lowest BCUT2D eigenvalue weighted by molar-refractivity contribution is 0.322. The molecule has 0 amide bonds. The Morgan fingerprint density at radius 3 is 2.40 bits per heavy atom. The average Bonchev–Trinajstić information content (AvgIpc) is 3.09. The summed E-state index contributed by atoms with van der Waals surface area (Å²) < 4.78 is 7.09. The van der Waals surface area contributed by atoms with E-state index in [1.54, 1.807) is 28.9 Å². The van der Waals surface area contributed by atoms with Crippen LogP contribution in [0.2, 0.25) is 0 Å². The third kappa shape index (κ3) is 2.88. The Morgan fingerprint density at radius 1 is 1.20 bits per heavy atom. The molecule has 25 heavy (non-hydrogen) atoms. The van der Waals surface area contributed by atoms with Crippen molar-refractivity contribution >= 4 is 6.21 Å². The molecule has 130 valence electrons. The van der Waals surface area contributed by atoms with E-state index < -0.39 is 0 Å². The van der Waals surface area contributed by atoms with E-state index in [9.17, 15) is 5.11 Å². The summed E-state index contributed by atoms with van der Waals surface area (Å²) in [4.78, 5) is 0. The monoisotopic (exact) mass is 340 g/mol. The predicted molar refractivity (Wildman–Crippen MR) is 93.7 cm³/mol. The third-order valence-corrected chi connectivity index (χ3v) is 4.05. The zero-order chi connectivity index (χ0) is 18.1. The molecule has 0 aliphatic carbocycles. The molecule has 0 atom stereocenters. The highest BCUT2D eigenvalue weighted by Gasteiger charge is 2.25. The lowest BCUT2D eigenvalue weighted by Gasteiger charge is -2.08. The van der Waals surface area contributed by atoms with Crippen molar-refractivity contribution in [1.82, 2.24) is 14.9 Å². The van der Waals surface area contributed by atoms with E-state index in [-0.39, 0.29) is 11.7 Å². The van der Waals surface area contributed by atoms with Gasteiger partial charge in [0.15, 0.2) is 0 Å². The third-order valence-electron chi connectivity index (χ3n) is 4.05. The number of aryl methyl sites for hydroxylation is 2. The fourth-order valence-electron chi connectivity index (χ4n) is 2.90. The Balaban J connectivity index is 2.38. The molecule has 0 fully saturated rings. The van der Waals surface area contributed by atoms with Crippen LogP contribution in [-0.2, 0) is 0 Å². The molecule has 2 aromatic heterocycles.